The fraction of sp³-hybridized carbons (Fsp3) is 0.211. The van der Waals surface area contributed by atoms with E-state index in [0.717, 1.165) is 33.4 Å². The Morgan fingerprint density at radius 1 is 1.18 bits per heavy atom. The van der Waals surface area contributed by atoms with Crippen molar-refractivity contribution in [1.82, 2.24) is 14.4 Å². The molecule has 0 unspecified atom stereocenters. The van der Waals surface area contributed by atoms with Crippen LogP contribution in [0.2, 0.25) is 0 Å². The molecule has 0 spiro atoms. The van der Waals surface area contributed by atoms with E-state index in [9.17, 15) is 4.79 Å². The largest absolute Gasteiger partial charge is 0.497 e. The molecule has 0 atom stereocenters. The monoisotopic (exact) mass is 414 g/mol. The van der Waals surface area contributed by atoms with Gasteiger partial charge in [-0.25, -0.2) is 9.97 Å². The van der Waals surface area contributed by atoms with Gasteiger partial charge in [0.2, 0.25) is 5.91 Å². The van der Waals surface area contributed by atoms with Crippen LogP contribution in [0.15, 0.2) is 35.2 Å². The van der Waals surface area contributed by atoms with Gasteiger partial charge in [0.05, 0.1) is 32.0 Å². The number of nitrogens with zero attached hydrogens (tertiary/aromatic N) is 3. The van der Waals surface area contributed by atoms with Crippen molar-refractivity contribution >= 4 is 38.7 Å². The lowest BCUT2D eigenvalue weighted by Crippen LogP contribution is -2.15. The maximum absolute atomic E-state index is 12.4. The van der Waals surface area contributed by atoms with Crippen LogP contribution >= 0.6 is 22.7 Å². The fourth-order valence-corrected chi connectivity index (χ4v) is 4.42. The van der Waals surface area contributed by atoms with Gasteiger partial charge in [-0.3, -0.25) is 9.20 Å². The summed E-state index contributed by atoms with van der Waals surface area (Å²) in [5.41, 5.74) is 3.36. The Morgan fingerprint density at radius 3 is 2.75 bits per heavy atom. The second-order valence-electron chi connectivity index (χ2n) is 6.09. The topological polar surface area (TPSA) is 77.8 Å². The SMILES string of the molecule is COc1ccc(OC)c(-c2cn3c(CC(=O)Nc4nc(C)cs4)csc3n2)c1. The zero-order chi connectivity index (χ0) is 19.7. The van der Waals surface area contributed by atoms with Gasteiger partial charge in [-0.1, -0.05) is 0 Å². The molecule has 4 rings (SSSR count). The molecular weight excluding hydrogens is 396 g/mol. The maximum atomic E-state index is 12.4. The Bertz CT molecular complexity index is 1150. The first-order valence-corrected chi connectivity index (χ1v) is 10.2. The second-order valence-corrected chi connectivity index (χ2v) is 7.79. The molecule has 3 heterocycles. The summed E-state index contributed by atoms with van der Waals surface area (Å²) in [6, 6.07) is 5.59. The molecule has 4 aromatic rings. The van der Waals surface area contributed by atoms with Crippen molar-refractivity contribution in [2.45, 2.75) is 13.3 Å². The Labute approximate surface area is 169 Å². The molecule has 0 radical (unpaired) electrons. The number of fused-ring (bicyclic) bond motifs is 1. The molecule has 0 bridgehead atoms. The Kier molecular flexibility index (Phi) is 5.01. The number of aromatic nitrogens is 3. The molecule has 3 aromatic heterocycles. The number of aryl methyl sites for hydroxylation is 1. The minimum Gasteiger partial charge on any atom is -0.497 e. The third-order valence-electron chi connectivity index (χ3n) is 4.17. The van der Waals surface area contributed by atoms with Gasteiger partial charge in [0.1, 0.15) is 11.5 Å². The Balaban J connectivity index is 1.61. The van der Waals surface area contributed by atoms with E-state index in [2.05, 4.69) is 15.3 Å². The zero-order valence-electron chi connectivity index (χ0n) is 15.6. The molecule has 28 heavy (non-hydrogen) atoms. The predicted octanol–water partition coefficient (Wildman–Crippen LogP) is 4.03. The van der Waals surface area contributed by atoms with E-state index in [-0.39, 0.29) is 12.3 Å². The summed E-state index contributed by atoms with van der Waals surface area (Å²) in [6.45, 7) is 1.90. The number of imidazole rings is 1. The van der Waals surface area contributed by atoms with Crippen molar-refractivity contribution in [3.8, 4) is 22.8 Å². The van der Waals surface area contributed by atoms with Crippen molar-refractivity contribution in [2.75, 3.05) is 19.5 Å². The number of carbonyl (C=O) groups is 1. The summed E-state index contributed by atoms with van der Waals surface area (Å²) in [5, 5.41) is 7.30. The van der Waals surface area contributed by atoms with Gasteiger partial charge in [-0.2, -0.15) is 0 Å². The van der Waals surface area contributed by atoms with Crippen LogP contribution in [0.25, 0.3) is 16.2 Å². The van der Waals surface area contributed by atoms with E-state index in [4.69, 9.17) is 9.47 Å². The molecule has 1 N–H and O–H groups in total. The van der Waals surface area contributed by atoms with Gasteiger partial charge in [0.15, 0.2) is 10.1 Å². The first-order chi connectivity index (χ1) is 13.6. The average Bonchev–Trinajstić information content (AvgIpc) is 3.38. The molecule has 9 heteroatoms. The number of anilines is 1. The molecule has 7 nitrogen and oxygen atoms in total. The lowest BCUT2D eigenvalue weighted by molar-refractivity contribution is -0.115. The lowest BCUT2D eigenvalue weighted by atomic mass is 10.1. The summed E-state index contributed by atoms with van der Waals surface area (Å²) < 4.78 is 12.7. The minimum absolute atomic E-state index is 0.108. The van der Waals surface area contributed by atoms with Gasteiger partial charge in [0, 0.05) is 28.2 Å². The second kappa shape index (κ2) is 7.61. The summed E-state index contributed by atoms with van der Waals surface area (Å²) in [6.07, 6.45) is 2.16. The number of carbonyl (C=O) groups excluding carboxylic acids is 1. The number of hydrogen-bond donors (Lipinski definition) is 1. The molecule has 1 amide bonds. The molecule has 0 aliphatic heterocycles. The van der Waals surface area contributed by atoms with Crippen LogP contribution in [0, 0.1) is 6.92 Å². The number of thiazole rings is 2. The van der Waals surface area contributed by atoms with Gasteiger partial charge in [0.25, 0.3) is 0 Å². The van der Waals surface area contributed by atoms with Crippen molar-refractivity contribution in [3.63, 3.8) is 0 Å². The average molecular weight is 415 g/mol. The van der Waals surface area contributed by atoms with E-state index in [1.165, 1.54) is 22.7 Å². The van der Waals surface area contributed by atoms with E-state index in [1.54, 1.807) is 14.2 Å². The van der Waals surface area contributed by atoms with Gasteiger partial charge >= 0.3 is 0 Å². The van der Waals surface area contributed by atoms with Crippen molar-refractivity contribution in [1.29, 1.82) is 0 Å². The number of rotatable bonds is 6. The van der Waals surface area contributed by atoms with E-state index in [0.29, 0.717) is 10.9 Å². The third-order valence-corrected chi connectivity index (χ3v) is 5.94. The zero-order valence-corrected chi connectivity index (χ0v) is 17.2. The van der Waals surface area contributed by atoms with E-state index >= 15 is 0 Å². The Hall–Kier alpha value is -2.91. The number of nitrogens with one attached hydrogen (secondary N) is 1. The number of hydrogen-bond acceptors (Lipinski definition) is 7. The van der Waals surface area contributed by atoms with Crippen LogP contribution in [-0.2, 0) is 11.2 Å². The maximum Gasteiger partial charge on any atom is 0.232 e. The summed E-state index contributed by atoms with van der Waals surface area (Å²) >= 11 is 2.91. The molecule has 0 aliphatic rings. The molecule has 1 aromatic carbocycles. The molecule has 0 aliphatic carbocycles. The van der Waals surface area contributed by atoms with E-state index < -0.39 is 0 Å². The van der Waals surface area contributed by atoms with Crippen LogP contribution < -0.4 is 14.8 Å². The quantitative estimate of drug-likeness (QED) is 0.515. The number of amides is 1. The fourth-order valence-electron chi connectivity index (χ4n) is 2.84. The molecule has 0 saturated heterocycles. The summed E-state index contributed by atoms with van der Waals surface area (Å²) in [5.74, 6) is 1.33. The third kappa shape index (κ3) is 3.58. The number of methoxy groups -OCH3 is 2. The van der Waals surface area contributed by atoms with Crippen molar-refractivity contribution in [2.24, 2.45) is 0 Å². The molecule has 0 saturated carbocycles. The number of ether oxygens (including phenoxy) is 2. The summed E-state index contributed by atoms with van der Waals surface area (Å²) in [7, 11) is 3.25. The highest BCUT2D eigenvalue weighted by Gasteiger charge is 2.16. The van der Waals surface area contributed by atoms with Crippen molar-refractivity contribution < 1.29 is 14.3 Å². The summed E-state index contributed by atoms with van der Waals surface area (Å²) in [4.78, 5) is 22.1. The van der Waals surface area contributed by atoms with Crippen molar-refractivity contribution in [3.05, 3.63) is 46.5 Å². The van der Waals surface area contributed by atoms with Crippen LogP contribution in [0.5, 0.6) is 11.5 Å². The van der Waals surface area contributed by atoms with Gasteiger partial charge < -0.3 is 14.8 Å². The normalized spacial score (nSPS) is 11.0. The Morgan fingerprint density at radius 2 is 2.04 bits per heavy atom. The smallest absolute Gasteiger partial charge is 0.232 e. The lowest BCUT2D eigenvalue weighted by Gasteiger charge is -2.08. The highest BCUT2D eigenvalue weighted by Crippen LogP contribution is 2.34. The standard InChI is InChI=1S/C19H18N4O3S2/c1-11-9-27-18(20-11)22-17(24)6-12-10-28-19-21-15(8-23(12)19)14-7-13(25-2)4-5-16(14)26-3/h4-5,7-10H,6H2,1-3H3,(H,20,22,24). The van der Waals surface area contributed by atoms with Crippen LogP contribution in [0.1, 0.15) is 11.4 Å². The molecule has 144 valence electrons. The molecular formula is C19H18N4O3S2. The van der Waals surface area contributed by atoms with Gasteiger partial charge in [-0.05, 0) is 25.1 Å². The highest BCUT2D eigenvalue weighted by atomic mass is 32.1. The predicted molar refractivity (Wildman–Crippen MR) is 111 cm³/mol. The van der Waals surface area contributed by atoms with Crippen LogP contribution in [-0.4, -0.2) is 34.5 Å². The first-order valence-electron chi connectivity index (χ1n) is 8.47. The highest BCUT2D eigenvalue weighted by molar-refractivity contribution is 7.15. The van der Waals surface area contributed by atoms with Crippen LogP contribution in [0.4, 0.5) is 5.13 Å². The molecule has 0 fully saturated rings. The van der Waals surface area contributed by atoms with Gasteiger partial charge in [-0.15, -0.1) is 22.7 Å². The van der Waals surface area contributed by atoms with E-state index in [1.807, 2.05) is 46.5 Å². The van der Waals surface area contributed by atoms with Crippen LogP contribution in [0.3, 0.4) is 0 Å². The minimum atomic E-state index is -0.108. The first kappa shape index (κ1) is 18.5. The number of benzene rings is 1.